The molecule has 1 amide bonds. The van der Waals surface area contributed by atoms with Gasteiger partial charge in [0.2, 0.25) is 0 Å². The third kappa shape index (κ3) is 6.29. The molecule has 1 unspecified atom stereocenters. The summed E-state index contributed by atoms with van der Waals surface area (Å²) < 4.78 is 22.9. The van der Waals surface area contributed by atoms with Crippen LogP contribution in [0.4, 0.5) is 4.79 Å². The summed E-state index contributed by atoms with van der Waals surface area (Å²) in [5, 5.41) is 0. The molecule has 30 heavy (non-hydrogen) atoms. The summed E-state index contributed by atoms with van der Waals surface area (Å²) in [6.07, 6.45) is 4.96. The quantitative estimate of drug-likeness (QED) is 0.698. The van der Waals surface area contributed by atoms with E-state index < -0.39 is 16.4 Å². The van der Waals surface area contributed by atoms with Gasteiger partial charge in [-0.2, -0.15) is 0 Å². The monoisotopic (exact) mass is 430 g/mol. The van der Waals surface area contributed by atoms with Crippen molar-refractivity contribution >= 4 is 16.9 Å². The SMILES string of the molecule is CS(=O)c1ccc(-c2ccc(OCC3CCN(C(=O)OC(C)(C)C)CC3)cn2)cc1. The summed E-state index contributed by atoms with van der Waals surface area (Å²) in [4.78, 5) is 19.2. The third-order valence-electron chi connectivity index (χ3n) is 4.97. The molecule has 1 saturated heterocycles. The van der Waals surface area contributed by atoms with Gasteiger partial charge in [0.05, 0.1) is 18.5 Å². The van der Waals surface area contributed by atoms with Crippen LogP contribution in [0.5, 0.6) is 5.75 Å². The van der Waals surface area contributed by atoms with E-state index in [1.54, 1.807) is 17.4 Å². The molecule has 3 rings (SSSR count). The fourth-order valence-corrected chi connectivity index (χ4v) is 3.80. The molecular weight excluding hydrogens is 400 g/mol. The van der Waals surface area contributed by atoms with E-state index >= 15 is 0 Å². The molecule has 6 nitrogen and oxygen atoms in total. The number of benzene rings is 1. The molecule has 0 spiro atoms. The van der Waals surface area contributed by atoms with E-state index in [1.807, 2.05) is 57.2 Å². The largest absolute Gasteiger partial charge is 0.492 e. The summed E-state index contributed by atoms with van der Waals surface area (Å²) >= 11 is 0. The van der Waals surface area contributed by atoms with Crippen molar-refractivity contribution in [3.8, 4) is 17.0 Å². The van der Waals surface area contributed by atoms with Crippen LogP contribution >= 0.6 is 0 Å². The highest BCUT2D eigenvalue weighted by Gasteiger charge is 2.27. The van der Waals surface area contributed by atoms with Crippen LogP contribution in [0.3, 0.4) is 0 Å². The number of likely N-dealkylation sites (tertiary alicyclic amines) is 1. The Labute approximate surface area is 181 Å². The average molecular weight is 431 g/mol. The van der Waals surface area contributed by atoms with Crippen molar-refractivity contribution in [2.75, 3.05) is 26.0 Å². The number of amides is 1. The molecule has 1 aliphatic heterocycles. The number of carbonyl (C=O) groups is 1. The van der Waals surface area contributed by atoms with Gasteiger partial charge in [-0.3, -0.25) is 9.19 Å². The fourth-order valence-electron chi connectivity index (χ4n) is 3.28. The molecule has 2 heterocycles. The second-order valence-corrected chi connectivity index (χ2v) is 9.96. The third-order valence-corrected chi connectivity index (χ3v) is 5.91. The molecule has 0 radical (unpaired) electrons. The maximum absolute atomic E-state index is 12.1. The van der Waals surface area contributed by atoms with Crippen LogP contribution in [-0.2, 0) is 15.5 Å². The Morgan fingerprint density at radius 1 is 1.13 bits per heavy atom. The minimum atomic E-state index is -0.981. The van der Waals surface area contributed by atoms with Crippen molar-refractivity contribution in [2.45, 2.75) is 44.1 Å². The molecule has 1 aromatic heterocycles. The Morgan fingerprint density at radius 3 is 2.33 bits per heavy atom. The zero-order chi connectivity index (χ0) is 21.7. The van der Waals surface area contributed by atoms with E-state index in [9.17, 15) is 9.00 Å². The lowest BCUT2D eigenvalue weighted by Gasteiger charge is -2.33. The molecule has 0 saturated carbocycles. The van der Waals surface area contributed by atoms with Crippen LogP contribution in [-0.4, -0.2) is 51.7 Å². The minimum absolute atomic E-state index is 0.236. The second-order valence-electron chi connectivity index (χ2n) is 8.58. The lowest BCUT2D eigenvalue weighted by molar-refractivity contribution is 0.0165. The van der Waals surface area contributed by atoms with Crippen LogP contribution in [0.1, 0.15) is 33.6 Å². The molecule has 2 aromatic rings. The standard InChI is InChI=1S/C23H30N2O4S/c1-23(2,3)29-22(26)25-13-11-17(12-14-25)16-28-19-7-10-21(24-15-19)18-5-8-20(9-6-18)30(4)27/h5-10,15,17H,11-14,16H2,1-4H3. The Kier molecular flexibility index (Phi) is 7.13. The lowest BCUT2D eigenvalue weighted by Crippen LogP contribution is -2.42. The van der Waals surface area contributed by atoms with Crippen molar-refractivity contribution in [1.29, 1.82) is 0 Å². The Bertz CT molecular complexity index is 868. The number of hydrogen-bond donors (Lipinski definition) is 0. The molecule has 0 aliphatic carbocycles. The average Bonchev–Trinajstić information content (AvgIpc) is 2.72. The van der Waals surface area contributed by atoms with Crippen LogP contribution in [0, 0.1) is 5.92 Å². The topological polar surface area (TPSA) is 68.7 Å². The number of nitrogens with zero attached hydrogens (tertiary/aromatic N) is 2. The Hall–Kier alpha value is -2.41. The highest BCUT2D eigenvalue weighted by atomic mass is 32.2. The Morgan fingerprint density at radius 2 is 1.80 bits per heavy atom. The van der Waals surface area contributed by atoms with Gasteiger partial charge in [-0.15, -0.1) is 0 Å². The highest BCUT2D eigenvalue weighted by Crippen LogP contribution is 2.23. The van der Waals surface area contributed by atoms with E-state index in [2.05, 4.69) is 4.98 Å². The number of carbonyl (C=O) groups excluding carboxylic acids is 1. The first-order valence-electron chi connectivity index (χ1n) is 10.2. The molecular formula is C23H30N2O4S. The van der Waals surface area contributed by atoms with Crippen LogP contribution in [0.15, 0.2) is 47.5 Å². The number of piperidine rings is 1. The summed E-state index contributed by atoms with van der Waals surface area (Å²) in [6.45, 7) is 7.64. The highest BCUT2D eigenvalue weighted by molar-refractivity contribution is 7.84. The molecule has 1 aliphatic rings. The van der Waals surface area contributed by atoms with Gasteiger partial charge in [0.1, 0.15) is 11.4 Å². The lowest BCUT2D eigenvalue weighted by atomic mass is 9.98. The van der Waals surface area contributed by atoms with Crippen LogP contribution < -0.4 is 4.74 Å². The summed E-state index contributed by atoms with van der Waals surface area (Å²) in [7, 11) is -0.981. The van der Waals surface area contributed by atoms with Gasteiger partial charge < -0.3 is 14.4 Å². The maximum atomic E-state index is 12.1. The van der Waals surface area contributed by atoms with Crippen molar-refractivity contribution < 1.29 is 18.5 Å². The predicted octanol–water partition coefficient (Wildman–Crippen LogP) is 4.51. The van der Waals surface area contributed by atoms with E-state index in [0.717, 1.165) is 34.7 Å². The summed E-state index contributed by atoms with van der Waals surface area (Å²) in [6, 6.07) is 11.4. The van der Waals surface area contributed by atoms with Gasteiger partial charge in [0.25, 0.3) is 0 Å². The van der Waals surface area contributed by atoms with Gasteiger partial charge in [0.15, 0.2) is 0 Å². The van der Waals surface area contributed by atoms with E-state index in [-0.39, 0.29) is 6.09 Å². The van der Waals surface area contributed by atoms with Gasteiger partial charge in [-0.25, -0.2) is 4.79 Å². The summed E-state index contributed by atoms with van der Waals surface area (Å²) in [5.74, 6) is 1.14. The maximum Gasteiger partial charge on any atom is 0.410 e. The molecule has 0 N–H and O–H groups in total. The molecule has 1 fully saturated rings. The van der Waals surface area contributed by atoms with E-state index in [0.29, 0.717) is 25.6 Å². The summed E-state index contributed by atoms with van der Waals surface area (Å²) in [5.41, 5.74) is 1.36. The zero-order valence-corrected chi connectivity index (χ0v) is 18.9. The smallest absolute Gasteiger partial charge is 0.410 e. The molecule has 162 valence electrons. The minimum Gasteiger partial charge on any atom is -0.492 e. The normalized spacial score (nSPS) is 16.2. The number of hydrogen-bond acceptors (Lipinski definition) is 5. The molecule has 1 aromatic carbocycles. The predicted molar refractivity (Wildman–Crippen MR) is 118 cm³/mol. The van der Waals surface area contributed by atoms with Crippen LogP contribution in [0.25, 0.3) is 11.3 Å². The van der Waals surface area contributed by atoms with Crippen molar-refractivity contribution in [3.05, 3.63) is 42.6 Å². The van der Waals surface area contributed by atoms with Gasteiger partial charge in [-0.1, -0.05) is 12.1 Å². The number of ether oxygens (including phenoxy) is 2. The van der Waals surface area contributed by atoms with E-state index in [1.165, 1.54) is 0 Å². The molecule has 7 heteroatoms. The van der Waals surface area contributed by atoms with Crippen LogP contribution in [0.2, 0.25) is 0 Å². The Balaban J connectivity index is 1.47. The first kappa shape index (κ1) is 22.3. The number of pyridine rings is 1. The fraction of sp³-hybridized carbons (Fsp3) is 0.478. The number of aromatic nitrogens is 1. The van der Waals surface area contributed by atoms with Crippen molar-refractivity contribution in [3.63, 3.8) is 0 Å². The van der Waals surface area contributed by atoms with Gasteiger partial charge in [0, 0.05) is 40.6 Å². The number of rotatable bonds is 5. The van der Waals surface area contributed by atoms with E-state index in [4.69, 9.17) is 9.47 Å². The molecule has 1 atom stereocenters. The molecule has 0 bridgehead atoms. The van der Waals surface area contributed by atoms with Crippen molar-refractivity contribution in [2.24, 2.45) is 5.92 Å². The first-order chi connectivity index (χ1) is 14.2. The van der Waals surface area contributed by atoms with Gasteiger partial charge in [-0.05, 0) is 63.8 Å². The van der Waals surface area contributed by atoms with Gasteiger partial charge >= 0.3 is 6.09 Å². The first-order valence-corrected chi connectivity index (χ1v) is 11.8. The van der Waals surface area contributed by atoms with Crippen molar-refractivity contribution in [1.82, 2.24) is 9.88 Å². The zero-order valence-electron chi connectivity index (χ0n) is 18.1. The second kappa shape index (κ2) is 9.60.